The molecule has 5 nitrogen and oxygen atoms in total. The molecule has 3 aromatic rings. The van der Waals surface area contributed by atoms with E-state index in [1.165, 1.54) is 29.2 Å². The van der Waals surface area contributed by atoms with E-state index >= 15 is 0 Å². The average molecular weight is 547 g/mol. The normalized spacial score (nSPS) is 16.7. The maximum atomic E-state index is 13.5. The molecule has 10 heteroatoms. The van der Waals surface area contributed by atoms with Gasteiger partial charge in [0.15, 0.2) is 0 Å². The predicted molar refractivity (Wildman–Crippen MR) is 138 cm³/mol. The van der Waals surface area contributed by atoms with Crippen LogP contribution in [-0.4, -0.2) is 17.1 Å². The summed E-state index contributed by atoms with van der Waals surface area (Å²) in [6.07, 6.45) is 0.231. The van der Waals surface area contributed by atoms with Crippen molar-refractivity contribution in [3.63, 3.8) is 0 Å². The minimum Gasteiger partial charge on any atom is -0.321 e. The van der Waals surface area contributed by atoms with E-state index in [4.69, 9.17) is 34.8 Å². The molecule has 0 spiro atoms. The lowest BCUT2D eigenvalue weighted by atomic mass is 10.1. The highest BCUT2D eigenvalue weighted by atomic mass is 35.5. The fourth-order valence-corrected chi connectivity index (χ4v) is 5.25. The highest BCUT2D eigenvalue weighted by molar-refractivity contribution is 8.05. The fourth-order valence-electron chi connectivity index (χ4n) is 3.44. The van der Waals surface area contributed by atoms with Crippen molar-refractivity contribution in [1.29, 1.82) is 5.26 Å². The molecule has 176 valence electrons. The van der Waals surface area contributed by atoms with Crippen molar-refractivity contribution < 1.29 is 14.0 Å². The van der Waals surface area contributed by atoms with Gasteiger partial charge < -0.3 is 5.32 Å². The SMILES string of the molecule is N#C/C(C(=O)Nc1ccc(F)cc1)=C1\SC(Cc2cc(Cl)ccc2Cl)C(=O)N1c1ccc(Cl)cc1. The highest BCUT2D eigenvalue weighted by Crippen LogP contribution is 2.43. The van der Waals surface area contributed by atoms with Crippen molar-refractivity contribution >= 4 is 69.8 Å². The summed E-state index contributed by atoms with van der Waals surface area (Å²) in [5.41, 5.74) is 1.15. The number of anilines is 2. The van der Waals surface area contributed by atoms with Crippen molar-refractivity contribution in [3.8, 4) is 6.07 Å². The standard InChI is InChI=1S/C25H15Cl3FN3O2S/c26-15-1-8-19(9-2-15)32-24(34)22(12-14-11-16(27)3-10-21(14)28)35-25(32)20(13-30)23(33)31-18-6-4-17(29)5-7-18/h1-11,22H,12H2,(H,31,33)/b25-20+. The third-order valence-electron chi connectivity index (χ3n) is 5.11. The van der Waals surface area contributed by atoms with Crippen molar-refractivity contribution in [1.82, 2.24) is 0 Å². The van der Waals surface area contributed by atoms with Gasteiger partial charge in [-0.2, -0.15) is 5.26 Å². The van der Waals surface area contributed by atoms with E-state index in [1.54, 1.807) is 42.5 Å². The van der Waals surface area contributed by atoms with E-state index in [-0.39, 0.29) is 22.9 Å². The Labute approximate surface area is 220 Å². The first kappa shape index (κ1) is 25.1. The minimum absolute atomic E-state index is 0.169. The molecule has 1 fully saturated rings. The van der Waals surface area contributed by atoms with Crippen LogP contribution in [0.15, 0.2) is 77.3 Å². The Hall–Kier alpha value is -3.02. The van der Waals surface area contributed by atoms with Gasteiger partial charge in [0.2, 0.25) is 5.91 Å². The molecule has 1 N–H and O–H groups in total. The number of rotatable bonds is 5. The molecule has 1 atom stereocenters. The first-order valence-electron chi connectivity index (χ1n) is 10.2. The van der Waals surface area contributed by atoms with Crippen LogP contribution < -0.4 is 10.2 Å². The number of hydrogen-bond donors (Lipinski definition) is 1. The molecular weight excluding hydrogens is 532 g/mol. The number of nitrogens with one attached hydrogen (secondary N) is 1. The minimum atomic E-state index is -0.727. The number of benzene rings is 3. The number of carbonyl (C=O) groups is 2. The molecule has 0 aromatic heterocycles. The van der Waals surface area contributed by atoms with Gasteiger partial charge in [0, 0.05) is 26.4 Å². The summed E-state index contributed by atoms with van der Waals surface area (Å²) in [5.74, 6) is -1.52. The van der Waals surface area contributed by atoms with Gasteiger partial charge in [-0.05, 0) is 78.7 Å². The van der Waals surface area contributed by atoms with Gasteiger partial charge in [-0.25, -0.2) is 4.39 Å². The van der Waals surface area contributed by atoms with Crippen LogP contribution in [0.25, 0.3) is 0 Å². The molecule has 2 amide bonds. The monoisotopic (exact) mass is 545 g/mol. The Morgan fingerprint density at radius 3 is 2.34 bits per heavy atom. The zero-order valence-electron chi connectivity index (χ0n) is 17.8. The van der Waals surface area contributed by atoms with Gasteiger partial charge in [-0.1, -0.05) is 46.6 Å². The number of nitriles is 1. The Kier molecular flexibility index (Phi) is 7.68. The smallest absolute Gasteiger partial charge is 0.269 e. The lowest BCUT2D eigenvalue weighted by molar-refractivity contribution is -0.117. The summed E-state index contributed by atoms with van der Waals surface area (Å²) in [4.78, 5) is 27.9. The lowest BCUT2D eigenvalue weighted by Crippen LogP contribution is -2.31. The Bertz CT molecular complexity index is 1370. The van der Waals surface area contributed by atoms with Gasteiger partial charge >= 0.3 is 0 Å². The van der Waals surface area contributed by atoms with E-state index < -0.39 is 17.0 Å². The Balaban J connectivity index is 1.73. The molecule has 0 bridgehead atoms. The number of carbonyl (C=O) groups excluding carboxylic acids is 2. The van der Waals surface area contributed by atoms with Crippen LogP contribution in [0, 0.1) is 17.1 Å². The Morgan fingerprint density at radius 1 is 1.03 bits per heavy atom. The van der Waals surface area contributed by atoms with Crippen molar-refractivity contribution in [2.45, 2.75) is 11.7 Å². The zero-order valence-corrected chi connectivity index (χ0v) is 20.9. The maximum Gasteiger partial charge on any atom is 0.269 e. The van der Waals surface area contributed by atoms with Crippen LogP contribution in [0.3, 0.4) is 0 Å². The first-order chi connectivity index (χ1) is 16.8. The topological polar surface area (TPSA) is 73.2 Å². The predicted octanol–water partition coefficient (Wildman–Crippen LogP) is 6.85. The molecule has 1 saturated heterocycles. The van der Waals surface area contributed by atoms with Crippen molar-refractivity contribution in [2.24, 2.45) is 0 Å². The molecule has 0 radical (unpaired) electrons. The number of nitrogens with zero attached hydrogens (tertiary/aromatic N) is 2. The van der Waals surface area contributed by atoms with Crippen LogP contribution in [0.5, 0.6) is 0 Å². The second-order valence-electron chi connectivity index (χ2n) is 7.45. The summed E-state index contributed by atoms with van der Waals surface area (Å²) in [6, 6.07) is 18.5. The molecule has 0 aliphatic carbocycles. The zero-order chi connectivity index (χ0) is 25.1. The summed E-state index contributed by atoms with van der Waals surface area (Å²) in [6.45, 7) is 0. The van der Waals surface area contributed by atoms with Gasteiger partial charge in [0.1, 0.15) is 22.5 Å². The van der Waals surface area contributed by atoms with Crippen LogP contribution in [0.1, 0.15) is 5.56 Å². The molecule has 3 aromatic carbocycles. The molecule has 1 aliphatic heterocycles. The van der Waals surface area contributed by atoms with Crippen LogP contribution >= 0.6 is 46.6 Å². The molecule has 4 rings (SSSR count). The number of amides is 2. The maximum absolute atomic E-state index is 13.5. The summed E-state index contributed by atoms with van der Waals surface area (Å²) in [7, 11) is 0. The van der Waals surface area contributed by atoms with E-state index in [1.807, 2.05) is 6.07 Å². The van der Waals surface area contributed by atoms with E-state index in [2.05, 4.69) is 5.32 Å². The third-order valence-corrected chi connectivity index (χ3v) is 7.22. The molecule has 1 unspecified atom stereocenters. The molecular formula is C25H15Cl3FN3O2S. The van der Waals surface area contributed by atoms with Crippen LogP contribution in [0.2, 0.25) is 15.1 Å². The van der Waals surface area contributed by atoms with Crippen molar-refractivity contribution in [3.05, 3.63) is 104 Å². The highest BCUT2D eigenvalue weighted by Gasteiger charge is 2.41. The van der Waals surface area contributed by atoms with Gasteiger partial charge in [-0.3, -0.25) is 14.5 Å². The molecule has 1 aliphatic rings. The molecule has 35 heavy (non-hydrogen) atoms. The van der Waals surface area contributed by atoms with Gasteiger partial charge in [0.25, 0.3) is 5.91 Å². The van der Waals surface area contributed by atoms with E-state index in [0.29, 0.717) is 32.0 Å². The Morgan fingerprint density at radius 2 is 1.69 bits per heavy atom. The first-order valence-corrected chi connectivity index (χ1v) is 12.2. The second kappa shape index (κ2) is 10.7. The second-order valence-corrected chi connectivity index (χ2v) is 9.92. The lowest BCUT2D eigenvalue weighted by Gasteiger charge is -2.19. The largest absolute Gasteiger partial charge is 0.321 e. The van der Waals surface area contributed by atoms with E-state index in [0.717, 1.165) is 11.8 Å². The van der Waals surface area contributed by atoms with Crippen LogP contribution in [0.4, 0.5) is 15.8 Å². The molecule has 0 saturated carbocycles. The summed E-state index contributed by atoms with van der Waals surface area (Å²) < 4.78 is 13.2. The fraction of sp³-hybridized carbons (Fsp3) is 0.0800. The van der Waals surface area contributed by atoms with E-state index in [9.17, 15) is 19.2 Å². The van der Waals surface area contributed by atoms with Gasteiger partial charge in [0.05, 0.1) is 5.25 Å². The quantitative estimate of drug-likeness (QED) is 0.281. The van der Waals surface area contributed by atoms with Crippen molar-refractivity contribution in [2.75, 3.05) is 10.2 Å². The number of halogens is 4. The van der Waals surface area contributed by atoms with Gasteiger partial charge in [-0.15, -0.1) is 0 Å². The van der Waals surface area contributed by atoms with Crippen LogP contribution in [-0.2, 0) is 16.0 Å². The summed E-state index contributed by atoms with van der Waals surface area (Å²) in [5, 5.41) is 13.4. The average Bonchev–Trinajstić information content (AvgIpc) is 3.14. The number of thioether (sulfide) groups is 1. The number of hydrogen-bond acceptors (Lipinski definition) is 4. The molecule has 1 heterocycles. The summed E-state index contributed by atoms with van der Waals surface area (Å²) >= 11 is 19.5. The third kappa shape index (κ3) is 5.63.